The molecule has 0 amide bonds. The SMILES string of the molecule is CC(C)[C@H](N)C(=O)O.O=C(O)c1ccccc1. The zero-order valence-electron chi connectivity index (χ0n) is 9.83. The summed E-state index contributed by atoms with van der Waals surface area (Å²) < 4.78 is 0. The van der Waals surface area contributed by atoms with Gasteiger partial charge in [-0.25, -0.2) is 4.79 Å². The van der Waals surface area contributed by atoms with Gasteiger partial charge in [-0.2, -0.15) is 0 Å². The molecule has 0 aromatic heterocycles. The molecular formula is C12H17NO4. The van der Waals surface area contributed by atoms with E-state index in [4.69, 9.17) is 15.9 Å². The first-order valence-electron chi connectivity index (χ1n) is 5.13. The van der Waals surface area contributed by atoms with Crippen molar-refractivity contribution < 1.29 is 19.8 Å². The lowest BCUT2D eigenvalue weighted by atomic mass is 10.1. The summed E-state index contributed by atoms with van der Waals surface area (Å²) >= 11 is 0. The third kappa shape index (κ3) is 6.32. The number of nitrogens with two attached hydrogens (primary N) is 1. The minimum atomic E-state index is -0.931. The number of rotatable bonds is 3. The zero-order chi connectivity index (χ0) is 13.4. The second-order valence-electron chi connectivity index (χ2n) is 3.78. The molecule has 4 N–H and O–H groups in total. The standard InChI is InChI=1S/C7H6O2.C5H11NO2/c8-7(9)6-4-2-1-3-5-6;1-3(2)4(6)5(7)8/h1-5H,(H,8,9);3-4H,6H2,1-2H3,(H,7,8)/t;4-/m.0/s1. The molecule has 1 aromatic carbocycles. The normalized spacial score (nSPS) is 11.3. The van der Waals surface area contributed by atoms with Gasteiger partial charge in [-0.05, 0) is 18.1 Å². The van der Waals surface area contributed by atoms with Gasteiger partial charge in [0, 0.05) is 0 Å². The number of aromatic carboxylic acids is 1. The summed E-state index contributed by atoms with van der Waals surface area (Å²) in [5.41, 5.74) is 5.49. The summed E-state index contributed by atoms with van der Waals surface area (Å²) in [6, 6.07) is 7.58. The number of aliphatic carboxylic acids is 1. The van der Waals surface area contributed by atoms with Crippen LogP contribution < -0.4 is 5.73 Å². The summed E-state index contributed by atoms with van der Waals surface area (Å²) in [5.74, 6) is -1.79. The fourth-order valence-electron chi connectivity index (χ4n) is 0.866. The van der Waals surface area contributed by atoms with Crippen molar-refractivity contribution in [1.29, 1.82) is 0 Å². The average molecular weight is 239 g/mol. The third-order valence-corrected chi connectivity index (χ3v) is 2.02. The van der Waals surface area contributed by atoms with Crippen molar-refractivity contribution in [3.05, 3.63) is 35.9 Å². The van der Waals surface area contributed by atoms with E-state index in [1.807, 2.05) is 0 Å². The van der Waals surface area contributed by atoms with Crippen LogP contribution in [0.1, 0.15) is 24.2 Å². The van der Waals surface area contributed by atoms with E-state index in [1.54, 1.807) is 44.2 Å². The Bertz CT molecular complexity index is 362. The predicted molar refractivity (Wildman–Crippen MR) is 63.9 cm³/mol. The Morgan fingerprint density at radius 2 is 1.59 bits per heavy atom. The first-order chi connectivity index (χ1) is 7.86. The highest BCUT2D eigenvalue weighted by Gasteiger charge is 2.14. The van der Waals surface area contributed by atoms with E-state index in [9.17, 15) is 9.59 Å². The topological polar surface area (TPSA) is 101 Å². The molecule has 0 aliphatic carbocycles. The minimum absolute atomic E-state index is 0.0208. The third-order valence-electron chi connectivity index (χ3n) is 2.02. The van der Waals surface area contributed by atoms with Gasteiger partial charge >= 0.3 is 11.9 Å². The van der Waals surface area contributed by atoms with E-state index in [0.29, 0.717) is 5.56 Å². The molecular weight excluding hydrogens is 222 g/mol. The number of hydrogen-bond acceptors (Lipinski definition) is 3. The molecule has 1 atom stereocenters. The highest BCUT2D eigenvalue weighted by molar-refractivity contribution is 5.87. The highest BCUT2D eigenvalue weighted by atomic mass is 16.4. The summed E-state index contributed by atoms with van der Waals surface area (Å²) in [7, 11) is 0. The largest absolute Gasteiger partial charge is 0.480 e. The van der Waals surface area contributed by atoms with Gasteiger partial charge in [0.2, 0.25) is 0 Å². The van der Waals surface area contributed by atoms with Crippen molar-refractivity contribution >= 4 is 11.9 Å². The van der Waals surface area contributed by atoms with Crippen LogP contribution in [0.5, 0.6) is 0 Å². The fraction of sp³-hybridized carbons (Fsp3) is 0.333. The Labute approximate surface area is 99.9 Å². The lowest BCUT2D eigenvalue weighted by molar-refractivity contribution is -0.139. The van der Waals surface area contributed by atoms with Crippen molar-refractivity contribution in [2.75, 3.05) is 0 Å². The second kappa shape index (κ2) is 7.40. The fourth-order valence-corrected chi connectivity index (χ4v) is 0.866. The van der Waals surface area contributed by atoms with Gasteiger partial charge in [-0.15, -0.1) is 0 Å². The van der Waals surface area contributed by atoms with Gasteiger partial charge in [0.1, 0.15) is 6.04 Å². The molecule has 0 spiro atoms. The average Bonchev–Trinajstić information content (AvgIpc) is 2.29. The molecule has 0 unspecified atom stereocenters. The van der Waals surface area contributed by atoms with Crippen LogP contribution in [0, 0.1) is 5.92 Å². The smallest absolute Gasteiger partial charge is 0.335 e. The van der Waals surface area contributed by atoms with Crippen LogP contribution in [-0.2, 0) is 4.79 Å². The maximum absolute atomic E-state index is 10.2. The van der Waals surface area contributed by atoms with Crippen molar-refractivity contribution in [3.63, 3.8) is 0 Å². The van der Waals surface area contributed by atoms with Crippen LogP contribution in [0.2, 0.25) is 0 Å². The van der Waals surface area contributed by atoms with Crippen LogP contribution in [0.4, 0.5) is 0 Å². The molecule has 0 heterocycles. The monoisotopic (exact) mass is 239 g/mol. The first kappa shape index (κ1) is 15.1. The maximum atomic E-state index is 10.2. The van der Waals surface area contributed by atoms with Gasteiger partial charge in [0.05, 0.1) is 5.56 Å². The maximum Gasteiger partial charge on any atom is 0.335 e. The van der Waals surface area contributed by atoms with Gasteiger partial charge in [0.15, 0.2) is 0 Å². The summed E-state index contributed by atoms with van der Waals surface area (Å²) in [6.07, 6.45) is 0. The number of benzene rings is 1. The lowest BCUT2D eigenvalue weighted by Gasteiger charge is -2.07. The van der Waals surface area contributed by atoms with Crippen molar-refractivity contribution in [1.82, 2.24) is 0 Å². The molecule has 1 aromatic rings. The van der Waals surface area contributed by atoms with Gasteiger partial charge in [-0.3, -0.25) is 4.79 Å². The number of carboxylic acids is 2. The number of hydrogen-bond donors (Lipinski definition) is 3. The van der Waals surface area contributed by atoms with E-state index in [0.717, 1.165) is 0 Å². The molecule has 0 aliphatic heterocycles. The Kier molecular flexibility index (Phi) is 6.58. The van der Waals surface area contributed by atoms with Crippen LogP contribution in [0.3, 0.4) is 0 Å². The molecule has 0 bridgehead atoms. The van der Waals surface area contributed by atoms with E-state index in [2.05, 4.69) is 0 Å². The Morgan fingerprint density at radius 3 is 1.76 bits per heavy atom. The van der Waals surface area contributed by atoms with E-state index < -0.39 is 18.0 Å². The van der Waals surface area contributed by atoms with Gasteiger partial charge in [-0.1, -0.05) is 32.0 Å². The number of carboxylic acid groups (broad SMARTS) is 2. The Hall–Kier alpha value is -1.88. The highest BCUT2D eigenvalue weighted by Crippen LogP contribution is 1.96. The predicted octanol–water partition coefficient (Wildman–Crippen LogP) is 1.44. The zero-order valence-corrected chi connectivity index (χ0v) is 9.83. The molecule has 94 valence electrons. The lowest BCUT2D eigenvalue weighted by Crippen LogP contribution is -2.34. The summed E-state index contributed by atoms with van der Waals surface area (Å²) in [6.45, 7) is 3.55. The second-order valence-corrected chi connectivity index (χ2v) is 3.78. The van der Waals surface area contributed by atoms with Crippen molar-refractivity contribution in [2.24, 2.45) is 11.7 Å². The van der Waals surface area contributed by atoms with Gasteiger partial charge in [0.25, 0.3) is 0 Å². The molecule has 0 saturated heterocycles. The van der Waals surface area contributed by atoms with Crippen LogP contribution in [-0.4, -0.2) is 28.2 Å². The van der Waals surface area contributed by atoms with E-state index in [1.165, 1.54) is 0 Å². The van der Waals surface area contributed by atoms with Gasteiger partial charge < -0.3 is 15.9 Å². The van der Waals surface area contributed by atoms with Crippen LogP contribution >= 0.6 is 0 Å². The van der Waals surface area contributed by atoms with Crippen molar-refractivity contribution in [3.8, 4) is 0 Å². The molecule has 0 fully saturated rings. The molecule has 0 radical (unpaired) electrons. The first-order valence-corrected chi connectivity index (χ1v) is 5.13. The molecule has 1 rings (SSSR count). The Balaban J connectivity index is 0.000000304. The molecule has 0 aliphatic rings. The Morgan fingerprint density at radius 1 is 1.12 bits per heavy atom. The van der Waals surface area contributed by atoms with E-state index >= 15 is 0 Å². The summed E-state index contributed by atoms with van der Waals surface area (Å²) in [5, 5.41) is 16.6. The number of carbonyl (C=O) groups is 2. The van der Waals surface area contributed by atoms with Crippen molar-refractivity contribution in [2.45, 2.75) is 19.9 Å². The quantitative estimate of drug-likeness (QED) is 0.741. The minimum Gasteiger partial charge on any atom is -0.480 e. The molecule has 5 nitrogen and oxygen atoms in total. The molecule has 5 heteroatoms. The molecule has 17 heavy (non-hydrogen) atoms. The molecule has 0 saturated carbocycles. The van der Waals surface area contributed by atoms with E-state index in [-0.39, 0.29) is 5.92 Å². The van der Waals surface area contributed by atoms with Crippen LogP contribution in [0.15, 0.2) is 30.3 Å². The van der Waals surface area contributed by atoms with Crippen LogP contribution in [0.25, 0.3) is 0 Å². The summed E-state index contributed by atoms with van der Waals surface area (Å²) in [4.78, 5) is 20.2.